The Morgan fingerprint density at radius 1 is 0.767 bits per heavy atom. The van der Waals surface area contributed by atoms with Gasteiger partial charge in [0.15, 0.2) is 16.7 Å². The molecule has 0 unspecified atom stereocenters. The highest BCUT2D eigenvalue weighted by molar-refractivity contribution is 7.13. The molecule has 4 aromatic rings. The molecule has 0 bridgehead atoms. The molecular formula is C31H39N7O4S. The maximum Gasteiger partial charge on any atom is 0.272 e. The Hall–Kier alpha value is -4.45. The number of aromatic nitrogens is 4. The molecule has 0 atom stereocenters. The van der Waals surface area contributed by atoms with Crippen LogP contribution in [0.25, 0.3) is 0 Å². The predicted molar refractivity (Wildman–Crippen MR) is 169 cm³/mol. The molecule has 0 aromatic carbocycles. The van der Waals surface area contributed by atoms with Crippen LogP contribution < -0.4 is 16.0 Å². The SMILES string of the molecule is Cn1cc(CC(=O)c2csc(NC(C)(C)C)n2)cc1C(=O)Nc1cc(C(=O)Nc2cc(C(=O)C(C)(C)C)n(C)c2)n(C)c1. The lowest BCUT2D eigenvalue weighted by Gasteiger charge is -2.19. The summed E-state index contributed by atoms with van der Waals surface area (Å²) in [6.07, 6.45) is 5.19. The van der Waals surface area contributed by atoms with Gasteiger partial charge in [0, 0.05) is 62.5 Å². The monoisotopic (exact) mass is 605 g/mol. The summed E-state index contributed by atoms with van der Waals surface area (Å²) in [4.78, 5) is 56.2. The van der Waals surface area contributed by atoms with E-state index in [0.717, 1.165) is 0 Å². The first-order valence-corrected chi connectivity index (χ1v) is 14.7. The topological polar surface area (TPSA) is 132 Å². The fourth-order valence-electron chi connectivity index (χ4n) is 4.50. The molecule has 12 heteroatoms. The molecule has 4 heterocycles. The van der Waals surface area contributed by atoms with Gasteiger partial charge in [-0.05, 0) is 44.5 Å². The van der Waals surface area contributed by atoms with Crippen molar-refractivity contribution in [2.45, 2.75) is 53.5 Å². The maximum atomic E-state index is 13.1. The molecule has 0 radical (unpaired) electrons. The average molecular weight is 606 g/mol. The van der Waals surface area contributed by atoms with Gasteiger partial charge in [0.2, 0.25) is 0 Å². The van der Waals surface area contributed by atoms with E-state index in [-0.39, 0.29) is 35.3 Å². The van der Waals surface area contributed by atoms with Crippen molar-refractivity contribution in [3.63, 3.8) is 0 Å². The van der Waals surface area contributed by atoms with Gasteiger partial charge in [0.05, 0.1) is 17.1 Å². The van der Waals surface area contributed by atoms with Crippen molar-refractivity contribution in [1.82, 2.24) is 18.7 Å². The van der Waals surface area contributed by atoms with E-state index in [1.807, 2.05) is 41.5 Å². The van der Waals surface area contributed by atoms with Crippen LogP contribution in [0.2, 0.25) is 0 Å². The van der Waals surface area contributed by atoms with Gasteiger partial charge in [-0.25, -0.2) is 4.98 Å². The van der Waals surface area contributed by atoms with Crippen LogP contribution in [0.5, 0.6) is 0 Å². The number of thiazole rings is 1. The molecule has 0 spiro atoms. The van der Waals surface area contributed by atoms with Gasteiger partial charge in [0.25, 0.3) is 11.8 Å². The summed E-state index contributed by atoms with van der Waals surface area (Å²) in [5, 5.41) is 11.4. The fraction of sp³-hybridized carbons (Fsp3) is 0.387. The number of Topliss-reactive ketones (excluding diaryl/α,β-unsaturated/α-hetero) is 2. The summed E-state index contributed by atoms with van der Waals surface area (Å²) in [7, 11) is 5.20. The minimum absolute atomic E-state index is 0.0294. The lowest BCUT2D eigenvalue weighted by molar-refractivity contribution is 0.0848. The zero-order chi connectivity index (χ0) is 31.9. The molecule has 0 fully saturated rings. The highest BCUT2D eigenvalue weighted by Gasteiger charge is 2.26. The molecule has 3 N–H and O–H groups in total. The van der Waals surface area contributed by atoms with Crippen LogP contribution in [0.15, 0.2) is 42.2 Å². The van der Waals surface area contributed by atoms with Crippen LogP contribution >= 0.6 is 11.3 Å². The molecular weight excluding hydrogens is 566 g/mol. The Morgan fingerprint density at radius 3 is 1.84 bits per heavy atom. The number of nitrogens with zero attached hydrogens (tertiary/aromatic N) is 4. The van der Waals surface area contributed by atoms with E-state index >= 15 is 0 Å². The number of anilines is 3. The summed E-state index contributed by atoms with van der Waals surface area (Å²) in [5.74, 6) is -0.926. The first kappa shape index (κ1) is 31.5. The van der Waals surface area contributed by atoms with Crippen molar-refractivity contribution >= 4 is 51.2 Å². The molecule has 0 aliphatic heterocycles. The van der Waals surface area contributed by atoms with Gasteiger partial charge in [0.1, 0.15) is 17.1 Å². The minimum atomic E-state index is -0.553. The van der Waals surface area contributed by atoms with Gasteiger partial charge in [-0.1, -0.05) is 20.8 Å². The summed E-state index contributed by atoms with van der Waals surface area (Å²) in [6.45, 7) is 11.6. The number of rotatable bonds is 9. The van der Waals surface area contributed by atoms with E-state index in [1.165, 1.54) is 11.3 Å². The largest absolute Gasteiger partial charge is 0.357 e. The second-order valence-corrected chi connectivity index (χ2v) is 13.7. The first-order chi connectivity index (χ1) is 19.9. The second kappa shape index (κ2) is 11.7. The molecule has 0 saturated heterocycles. The van der Waals surface area contributed by atoms with E-state index in [4.69, 9.17) is 0 Å². The van der Waals surface area contributed by atoms with Gasteiger partial charge in [-0.3, -0.25) is 19.2 Å². The lowest BCUT2D eigenvalue weighted by Crippen LogP contribution is -2.25. The van der Waals surface area contributed by atoms with E-state index in [0.29, 0.717) is 44.8 Å². The molecule has 0 saturated carbocycles. The zero-order valence-corrected chi connectivity index (χ0v) is 26.9. The zero-order valence-electron chi connectivity index (χ0n) is 26.1. The molecule has 0 aliphatic carbocycles. The average Bonchev–Trinajstić information content (AvgIpc) is 3.64. The minimum Gasteiger partial charge on any atom is -0.357 e. The van der Waals surface area contributed by atoms with Crippen molar-refractivity contribution in [3.8, 4) is 0 Å². The van der Waals surface area contributed by atoms with Gasteiger partial charge < -0.3 is 29.7 Å². The van der Waals surface area contributed by atoms with Crippen LogP contribution in [0.1, 0.15) is 89.1 Å². The van der Waals surface area contributed by atoms with Crippen LogP contribution in [0.4, 0.5) is 16.5 Å². The number of carbonyl (C=O) groups excluding carboxylic acids is 4. The van der Waals surface area contributed by atoms with Crippen LogP contribution in [0, 0.1) is 5.41 Å². The standard InChI is InChI=1S/C31H39N7O4S/c1-30(2,3)26(40)22-12-19(15-37(22)8)32-28(42)24-13-20(16-38(24)9)33-27(41)23-10-18(14-36(23)7)11-25(39)21-17-43-29(34-21)35-31(4,5)6/h10,12-17H,11H2,1-9H3,(H,32,42)(H,33,41)(H,34,35). The number of amides is 2. The number of aryl methyl sites for hydroxylation is 3. The number of hydrogen-bond donors (Lipinski definition) is 3. The number of carbonyl (C=O) groups is 4. The Balaban J connectivity index is 1.41. The highest BCUT2D eigenvalue weighted by Crippen LogP contribution is 2.25. The van der Waals surface area contributed by atoms with Gasteiger partial charge in [-0.2, -0.15) is 0 Å². The third kappa shape index (κ3) is 7.50. The van der Waals surface area contributed by atoms with Crippen LogP contribution in [0.3, 0.4) is 0 Å². The third-order valence-electron chi connectivity index (χ3n) is 6.60. The Labute approximate surface area is 255 Å². The van der Waals surface area contributed by atoms with Crippen molar-refractivity contribution in [3.05, 3.63) is 70.5 Å². The lowest BCUT2D eigenvalue weighted by atomic mass is 9.89. The third-order valence-corrected chi connectivity index (χ3v) is 7.36. The maximum absolute atomic E-state index is 13.1. The summed E-state index contributed by atoms with van der Waals surface area (Å²) in [6, 6.07) is 4.91. The molecule has 2 amide bonds. The van der Waals surface area contributed by atoms with Gasteiger partial charge in [-0.15, -0.1) is 11.3 Å². The normalized spacial score (nSPS) is 11.8. The molecule has 43 heavy (non-hydrogen) atoms. The Morgan fingerprint density at radius 2 is 1.28 bits per heavy atom. The van der Waals surface area contributed by atoms with E-state index in [2.05, 4.69) is 20.9 Å². The highest BCUT2D eigenvalue weighted by atomic mass is 32.1. The van der Waals surface area contributed by atoms with Crippen molar-refractivity contribution < 1.29 is 19.2 Å². The molecule has 0 aliphatic rings. The molecule has 11 nitrogen and oxygen atoms in total. The summed E-state index contributed by atoms with van der Waals surface area (Å²) in [5.41, 5.74) is 2.48. The summed E-state index contributed by atoms with van der Waals surface area (Å²) >= 11 is 1.38. The molecule has 4 rings (SSSR count). The van der Waals surface area contributed by atoms with Crippen LogP contribution in [-0.2, 0) is 27.6 Å². The molecule has 228 valence electrons. The quantitative estimate of drug-likeness (QED) is 0.215. The Bertz CT molecular complexity index is 1710. The first-order valence-electron chi connectivity index (χ1n) is 13.8. The Kier molecular flexibility index (Phi) is 8.55. The van der Waals surface area contributed by atoms with E-state index in [1.54, 1.807) is 77.0 Å². The van der Waals surface area contributed by atoms with Gasteiger partial charge >= 0.3 is 0 Å². The second-order valence-electron chi connectivity index (χ2n) is 12.8. The number of nitrogens with one attached hydrogen (secondary N) is 3. The van der Waals surface area contributed by atoms with Crippen molar-refractivity contribution in [1.29, 1.82) is 0 Å². The smallest absolute Gasteiger partial charge is 0.272 e. The fourth-order valence-corrected chi connectivity index (χ4v) is 5.43. The number of hydrogen-bond acceptors (Lipinski definition) is 7. The summed E-state index contributed by atoms with van der Waals surface area (Å²) < 4.78 is 4.97. The van der Waals surface area contributed by atoms with Crippen LogP contribution in [-0.4, -0.2) is 47.6 Å². The predicted octanol–water partition coefficient (Wildman–Crippen LogP) is 5.53. The number of ketones is 2. The van der Waals surface area contributed by atoms with Crippen molar-refractivity contribution in [2.75, 3.05) is 16.0 Å². The van der Waals surface area contributed by atoms with Crippen molar-refractivity contribution in [2.24, 2.45) is 26.6 Å². The molecule has 4 aromatic heterocycles. The van der Waals surface area contributed by atoms with E-state index in [9.17, 15) is 19.2 Å². The van der Waals surface area contributed by atoms with E-state index < -0.39 is 5.41 Å².